The van der Waals surface area contributed by atoms with E-state index in [1.165, 1.54) is 25.3 Å². The van der Waals surface area contributed by atoms with E-state index in [0.29, 0.717) is 11.4 Å². The predicted molar refractivity (Wildman–Crippen MR) is 95.8 cm³/mol. The number of nitrogens with zero attached hydrogens (tertiary/aromatic N) is 1. The molecule has 2 aromatic rings. The third-order valence-corrected chi connectivity index (χ3v) is 7.08. The van der Waals surface area contributed by atoms with Gasteiger partial charge in [-0.2, -0.15) is 0 Å². The summed E-state index contributed by atoms with van der Waals surface area (Å²) >= 11 is 0. The van der Waals surface area contributed by atoms with Crippen LogP contribution in [0.3, 0.4) is 0 Å². The normalized spacial score (nSPS) is 18.8. The summed E-state index contributed by atoms with van der Waals surface area (Å²) in [6, 6.07) is 13.6. The van der Waals surface area contributed by atoms with Crippen molar-refractivity contribution in [3.63, 3.8) is 0 Å². The van der Waals surface area contributed by atoms with Crippen molar-refractivity contribution in [1.29, 1.82) is 0 Å². The summed E-state index contributed by atoms with van der Waals surface area (Å²) in [6.07, 6.45) is 1.40. The van der Waals surface area contributed by atoms with E-state index >= 15 is 0 Å². The molecule has 8 heteroatoms. The Balaban J connectivity index is 2.10. The number of sulfone groups is 1. The van der Waals surface area contributed by atoms with Gasteiger partial charge in [-0.25, -0.2) is 16.8 Å². The number of ether oxygens (including phenoxy) is 1. The lowest BCUT2D eigenvalue weighted by atomic mass is 10.2. The zero-order valence-corrected chi connectivity index (χ0v) is 15.1. The Morgan fingerprint density at radius 1 is 1.04 bits per heavy atom. The Morgan fingerprint density at radius 3 is 2.20 bits per heavy atom. The first-order valence-electron chi connectivity index (χ1n) is 7.48. The van der Waals surface area contributed by atoms with Crippen molar-refractivity contribution in [3.05, 3.63) is 66.1 Å². The lowest BCUT2D eigenvalue weighted by Crippen LogP contribution is -2.41. The molecule has 0 saturated heterocycles. The predicted octanol–water partition coefficient (Wildman–Crippen LogP) is 2.20. The highest BCUT2D eigenvalue weighted by Gasteiger charge is 2.35. The highest BCUT2D eigenvalue weighted by Crippen LogP contribution is 2.30. The molecule has 132 valence electrons. The van der Waals surface area contributed by atoms with Crippen LogP contribution >= 0.6 is 0 Å². The number of anilines is 1. The van der Waals surface area contributed by atoms with Crippen LogP contribution in [0.25, 0.3) is 0 Å². The fourth-order valence-electron chi connectivity index (χ4n) is 2.65. The minimum atomic E-state index is -3.93. The Kier molecular flexibility index (Phi) is 4.57. The molecule has 25 heavy (non-hydrogen) atoms. The van der Waals surface area contributed by atoms with Gasteiger partial charge in [0, 0.05) is 5.41 Å². The fraction of sp³-hybridized carbons (Fsp3) is 0.176. The van der Waals surface area contributed by atoms with Gasteiger partial charge in [-0.05, 0) is 42.5 Å². The van der Waals surface area contributed by atoms with Gasteiger partial charge in [0.1, 0.15) is 5.75 Å². The molecule has 6 nitrogen and oxygen atoms in total. The van der Waals surface area contributed by atoms with Crippen molar-refractivity contribution in [2.24, 2.45) is 0 Å². The molecule has 1 aliphatic heterocycles. The van der Waals surface area contributed by atoms with Crippen LogP contribution in [0.1, 0.15) is 0 Å². The first-order valence-corrected chi connectivity index (χ1v) is 10.6. The number of rotatable bonds is 5. The van der Waals surface area contributed by atoms with Crippen molar-refractivity contribution >= 4 is 25.5 Å². The second-order valence-electron chi connectivity index (χ2n) is 5.54. The van der Waals surface area contributed by atoms with E-state index in [2.05, 4.69) is 0 Å². The van der Waals surface area contributed by atoms with Crippen molar-refractivity contribution in [2.75, 3.05) is 17.2 Å². The summed E-state index contributed by atoms with van der Waals surface area (Å²) in [7, 11) is -5.83. The van der Waals surface area contributed by atoms with Gasteiger partial charge in [-0.1, -0.05) is 18.2 Å². The van der Waals surface area contributed by atoms with E-state index in [1.807, 2.05) is 0 Å². The summed E-state index contributed by atoms with van der Waals surface area (Å²) < 4.78 is 56.2. The third kappa shape index (κ3) is 3.54. The maximum Gasteiger partial charge on any atom is 0.264 e. The van der Waals surface area contributed by atoms with Crippen LogP contribution in [-0.4, -0.2) is 35.7 Å². The van der Waals surface area contributed by atoms with Crippen molar-refractivity contribution in [2.45, 2.75) is 10.9 Å². The number of hydrogen-bond acceptors (Lipinski definition) is 5. The first-order chi connectivity index (χ1) is 11.8. The van der Waals surface area contributed by atoms with E-state index in [9.17, 15) is 16.8 Å². The number of sulfonamides is 1. The highest BCUT2D eigenvalue weighted by molar-refractivity contribution is 7.95. The molecular weight excluding hydrogens is 362 g/mol. The van der Waals surface area contributed by atoms with E-state index < -0.39 is 25.9 Å². The summed E-state index contributed by atoms with van der Waals surface area (Å²) in [4.78, 5) is 0.100. The minimum Gasteiger partial charge on any atom is -0.497 e. The van der Waals surface area contributed by atoms with Gasteiger partial charge in [0.25, 0.3) is 10.0 Å². The maximum absolute atomic E-state index is 13.2. The van der Waals surface area contributed by atoms with Crippen LogP contribution in [0.4, 0.5) is 5.69 Å². The van der Waals surface area contributed by atoms with Crippen LogP contribution in [0.5, 0.6) is 5.75 Å². The van der Waals surface area contributed by atoms with E-state index in [1.54, 1.807) is 42.5 Å². The van der Waals surface area contributed by atoms with Crippen LogP contribution in [0.2, 0.25) is 0 Å². The molecule has 0 aliphatic carbocycles. The summed E-state index contributed by atoms with van der Waals surface area (Å²) in [5.41, 5.74) is 0.372. The van der Waals surface area contributed by atoms with Crippen molar-refractivity contribution in [1.82, 2.24) is 0 Å². The molecule has 0 saturated carbocycles. The Bertz CT molecular complexity index is 981. The number of benzene rings is 2. The fourth-order valence-corrected chi connectivity index (χ4v) is 5.64. The van der Waals surface area contributed by atoms with Gasteiger partial charge in [-0.3, -0.25) is 4.31 Å². The molecule has 0 fully saturated rings. The second kappa shape index (κ2) is 6.53. The number of hydrogen-bond donors (Lipinski definition) is 0. The van der Waals surface area contributed by atoms with E-state index in [-0.39, 0.29) is 10.6 Å². The van der Waals surface area contributed by atoms with Gasteiger partial charge < -0.3 is 4.74 Å². The van der Waals surface area contributed by atoms with Crippen LogP contribution < -0.4 is 9.04 Å². The second-order valence-corrected chi connectivity index (χ2v) is 9.28. The van der Waals surface area contributed by atoms with Gasteiger partial charge in [0.2, 0.25) is 0 Å². The SMILES string of the molecule is COc1ccc(N([C@H]2C=CS(=O)(=O)C2)S(=O)(=O)c2ccccc2)cc1. The molecule has 1 heterocycles. The molecule has 1 aliphatic rings. The lowest BCUT2D eigenvalue weighted by Gasteiger charge is -2.29. The average molecular weight is 379 g/mol. The maximum atomic E-state index is 13.2. The zero-order chi connectivity index (χ0) is 18.1. The monoisotopic (exact) mass is 379 g/mol. The van der Waals surface area contributed by atoms with Gasteiger partial charge >= 0.3 is 0 Å². The molecular formula is C17H17NO5S2. The third-order valence-electron chi connectivity index (χ3n) is 3.84. The molecule has 0 unspecified atom stereocenters. The summed E-state index contributed by atoms with van der Waals surface area (Å²) in [5, 5.41) is 1.06. The molecule has 1 atom stereocenters. The molecule has 0 amide bonds. The Morgan fingerprint density at radius 2 is 1.68 bits per heavy atom. The molecule has 0 aromatic heterocycles. The van der Waals surface area contributed by atoms with Crippen molar-refractivity contribution < 1.29 is 21.6 Å². The van der Waals surface area contributed by atoms with Crippen LogP contribution in [0, 0.1) is 0 Å². The topological polar surface area (TPSA) is 80.8 Å². The van der Waals surface area contributed by atoms with Crippen LogP contribution in [0.15, 0.2) is 71.0 Å². The molecule has 0 N–H and O–H groups in total. The molecule has 2 aromatic carbocycles. The van der Waals surface area contributed by atoms with Crippen molar-refractivity contribution in [3.8, 4) is 5.75 Å². The van der Waals surface area contributed by atoms with Gasteiger partial charge in [0.15, 0.2) is 9.84 Å². The molecule has 0 spiro atoms. The summed E-state index contributed by atoms with van der Waals surface area (Å²) in [5.74, 6) is 0.292. The Hall–Kier alpha value is -2.32. The largest absolute Gasteiger partial charge is 0.497 e. The van der Waals surface area contributed by atoms with Gasteiger partial charge in [0.05, 0.1) is 29.5 Å². The van der Waals surface area contributed by atoms with Crippen LogP contribution in [-0.2, 0) is 19.9 Å². The Labute approximate surface area is 147 Å². The lowest BCUT2D eigenvalue weighted by molar-refractivity contribution is 0.415. The smallest absolute Gasteiger partial charge is 0.264 e. The standard InChI is InChI=1S/C17H17NO5S2/c1-23-16-9-7-14(8-10-16)18(15-11-12-24(19,20)13-15)25(21,22)17-5-3-2-4-6-17/h2-12,15H,13H2,1H3/t15-/m0/s1. The molecule has 0 bridgehead atoms. The molecule has 3 rings (SSSR count). The van der Waals surface area contributed by atoms with Gasteiger partial charge in [-0.15, -0.1) is 0 Å². The zero-order valence-electron chi connectivity index (χ0n) is 13.4. The molecule has 0 radical (unpaired) electrons. The summed E-state index contributed by atoms with van der Waals surface area (Å²) in [6.45, 7) is 0. The average Bonchev–Trinajstić information content (AvgIpc) is 2.95. The highest BCUT2D eigenvalue weighted by atomic mass is 32.2. The first kappa shape index (κ1) is 17.5. The number of methoxy groups -OCH3 is 1. The van der Waals surface area contributed by atoms with E-state index in [4.69, 9.17) is 4.74 Å². The minimum absolute atomic E-state index is 0.100. The van der Waals surface area contributed by atoms with E-state index in [0.717, 1.165) is 9.71 Å². The quantitative estimate of drug-likeness (QED) is 0.796.